The minimum Gasteiger partial charge on any atom is -0.545 e. The van der Waals surface area contributed by atoms with E-state index in [0.29, 0.717) is 17.1 Å². The Hall–Kier alpha value is -2.87. The van der Waals surface area contributed by atoms with Crippen molar-refractivity contribution in [3.05, 3.63) is 58.1 Å². The van der Waals surface area contributed by atoms with E-state index >= 15 is 0 Å². The molecule has 0 saturated carbocycles. The van der Waals surface area contributed by atoms with Gasteiger partial charge in [0.05, 0.1) is 19.3 Å². The summed E-state index contributed by atoms with van der Waals surface area (Å²) < 4.78 is 11.4. The van der Waals surface area contributed by atoms with E-state index in [9.17, 15) is 14.7 Å². The molecule has 1 amide bonds. The molecule has 8 heteroatoms. The third-order valence-electron chi connectivity index (χ3n) is 3.03. The van der Waals surface area contributed by atoms with Crippen molar-refractivity contribution in [3.8, 4) is 11.5 Å². The minimum absolute atomic E-state index is 0.0676. The summed E-state index contributed by atoms with van der Waals surface area (Å²) >= 11 is 3.32. The van der Waals surface area contributed by atoms with Crippen molar-refractivity contribution < 1.29 is 24.2 Å². The van der Waals surface area contributed by atoms with Gasteiger partial charge in [-0.05, 0) is 29.3 Å². The van der Waals surface area contributed by atoms with E-state index in [-0.39, 0.29) is 12.2 Å². The first-order valence-corrected chi connectivity index (χ1v) is 7.88. The van der Waals surface area contributed by atoms with Gasteiger partial charge < -0.3 is 19.4 Å². The molecule has 7 nitrogen and oxygen atoms in total. The molecule has 0 bridgehead atoms. The van der Waals surface area contributed by atoms with E-state index in [1.807, 2.05) is 0 Å². The topological polar surface area (TPSA) is 100 Å². The maximum Gasteiger partial charge on any atom is 0.277 e. The molecule has 2 rings (SSSR count). The van der Waals surface area contributed by atoms with Crippen molar-refractivity contribution in [1.29, 1.82) is 0 Å². The number of rotatable bonds is 7. The zero-order chi connectivity index (χ0) is 18.2. The molecule has 0 spiro atoms. The Labute approximate surface area is 152 Å². The fraction of sp³-hybridized carbons (Fsp3) is 0.118. The highest BCUT2D eigenvalue weighted by Gasteiger charge is 2.07. The molecular weight excluding hydrogens is 392 g/mol. The van der Waals surface area contributed by atoms with Gasteiger partial charge in [0, 0.05) is 4.47 Å². The van der Waals surface area contributed by atoms with Crippen LogP contribution in [0.15, 0.2) is 52.0 Å². The second kappa shape index (κ2) is 8.84. The van der Waals surface area contributed by atoms with Gasteiger partial charge in [-0.25, -0.2) is 5.43 Å². The van der Waals surface area contributed by atoms with E-state index < -0.39 is 11.9 Å². The number of ether oxygens (including phenoxy) is 2. The quantitative estimate of drug-likeness (QED) is 0.553. The Morgan fingerprint density at radius 3 is 2.56 bits per heavy atom. The molecule has 0 aliphatic carbocycles. The van der Waals surface area contributed by atoms with Gasteiger partial charge in [-0.1, -0.05) is 40.2 Å². The number of carboxylic acid groups (broad SMARTS) is 1. The molecule has 0 unspecified atom stereocenters. The maximum atomic E-state index is 11.7. The van der Waals surface area contributed by atoms with Crippen molar-refractivity contribution in [3.63, 3.8) is 0 Å². The van der Waals surface area contributed by atoms with Crippen LogP contribution < -0.4 is 20.0 Å². The van der Waals surface area contributed by atoms with Gasteiger partial charge in [-0.3, -0.25) is 4.79 Å². The highest BCUT2D eigenvalue weighted by Crippen LogP contribution is 2.29. The van der Waals surface area contributed by atoms with Gasteiger partial charge in [-0.2, -0.15) is 5.10 Å². The number of hydrazone groups is 1. The van der Waals surface area contributed by atoms with Gasteiger partial charge in [0.2, 0.25) is 0 Å². The molecule has 1 N–H and O–H groups in total. The average molecular weight is 406 g/mol. The summed E-state index contributed by atoms with van der Waals surface area (Å²) in [7, 11) is 1.50. The van der Waals surface area contributed by atoms with E-state index in [1.165, 1.54) is 25.5 Å². The van der Waals surface area contributed by atoms with Crippen molar-refractivity contribution >= 4 is 34.0 Å². The smallest absolute Gasteiger partial charge is 0.277 e. The van der Waals surface area contributed by atoms with E-state index in [2.05, 4.69) is 26.5 Å². The number of hydrogen-bond donors (Lipinski definition) is 1. The molecule has 0 fully saturated rings. The van der Waals surface area contributed by atoms with E-state index in [1.54, 1.807) is 30.3 Å². The number of benzene rings is 2. The van der Waals surface area contributed by atoms with Crippen LogP contribution >= 0.6 is 15.9 Å². The van der Waals surface area contributed by atoms with Crippen LogP contribution in [0.25, 0.3) is 0 Å². The zero-order valence-corrected chi connectivity index (χ0v) is 14.8. The third-order valence-corrected chi connectivity index (χ3v) is 3.53. The first-order chi connectivity index (χ1) is 12.0. The first-order valence-electron chi connectivity index (χ1n) is 7.09. The van der Waals surface area contributed by atoms with Crippen molar-refractivity contribution in [1.82, 2.24) is 5.43 Å². The maximum absolute atomic E-state index is 11.7. The number of amides is 1. The van der Waals surface area contributed by atoms with Gasteiger partial charge >= 0.3 is 0 Å². The number of carboxylic acids is 1. The fourth-order valence-corrected chi connectivity index (χ4v) is 2.16. The highest BCUT2D eigenvalue weighted by molar-refractivity contribution is 9.10. The summed E-state index contributed by atoms with van der Waals surface area (Å²) in [6, 6.07) is 11.0. The van der Waals surface area contributed by atoms with Crippen LogP contribution in [0.1, 0.15) is 15.9 Å². The molecule has 2 aromatic carbocycles. The molecular formula is C17H14BrN2O5-. The number of nitrogens with zero attached hydrogens (tertiary/aromatic N) is 1. The van der Waals surface area contributed by atoms with Crippen LogP contribution in [0.5, 0.6) is 11.5 Å². The Balaban J connectivity index is 1.85. The van der Waals surface area contributed by atoms with Crippen molar-refractivity contribution in [2.45, 2.75) is 0 Å². The Bertz CT molecular complexity index is 790. The summed E-state index contributed by atoms with van der Waals surface area (Å²) in [5.74, 6) is -0.772. The van der Waals surface area contributed by atoms with Crippen molar-refractivity contribution in [2.24, 2.45) is 5.10 Å². The van der Waals surface area contributed by atoms with Crippen LogP contribution in [-0.4, -0.2) is 31.8 Å². The fourth-order valence-electron chi connectivity index (χ4n) is 1.82. The number of aromatic carboxylic acids is 1. The molecule has 2 aromatic rings. The normalized spacial score (nSPS) is 10.5. The molecule has 0 aliphatic rings. The molecule has 0 aliphatic heterocycles. The van der Waals surface area contributed by atoms with Crippen LogP contribution in [0.4, 0.5) is 0 Å². The van der Waals surface area contributed by atoms with Crippen LogP contribution in [0.2, 0.25) is 0 Å². The standard InChI is InChI=1S/C17H15BrN2O5/c1-24-15-8-13(18)6-7-14(15)25-10-16(21)20-19-9-11-2-4-12(5-3-11)17(22)23/h2-9H,10H2,1H3,(H,20,21)(H,22,23)/p-1/b19-9-. The van der Waals surface area contributed by atoms with Crippen LogP contribution in [0.3, 0.4) is 0 Å². The average Bonchev–Trinajstić information content (AvgIpc) is 2.61. The summed E-state index contributed by atoms with van der Waals surface area (Å²) in [4.78, 5) is 22.4. The monoisotopic (exact) mass is 405 g/mol. The number of methoxy groups -OCH3 is 1. The molecule has 0 radical (unpaired) electrons. The predicted octanol–water partition coefficient (Wildman–Crippen LogP) is 1.35. The Morgan fingerprint density at radius 1 is 1.20 bits per heavy atom. The number of nitrogens with one attached hydrogen (secondary N) is 1. The molecule has 0 heterocycles. The number of hydrogen-bond acceptors (Lipinski definition) is 6. The first kappa shape index (κ1) is 18.5. The number of halogens is 1. The van der Waals surface area contributed by atoms with Crippen molar-refractivity contribution in [2.75, 3.05) is 13.7 Å². The number of carbonyl (C=O) groups is 2. The summed E-state index contributed by atoms with van der Waals surface area (Å²) in [6.45, 7) is -0.237. The predicted molar refractivity (Wildman–Crippen MR) is 92.7 cm³/mol. The van der Waals surface area contributed by atoms with Crippen LogP contribution in [0, 0.1) is 0 Å². The lowest BCUT2D eigenvalue weighted by molar-refractivity contribution is -0.255. The van der Waals surface area contributed by atoms with E-state index in [0.717, 1.165) is 4.47 Å². The Morgan fingerprint density at radius 2 is 1.92 bits per heavy atom. The second-order valence-electron chi connectivity index (χ2n) is 4.79. The van der Waals surface area contributed by atoms with E-state index in [4.69, 9.17) is 9.47 Å². The second-order valence-corrected chi connectivity index (χ2v) is 5.70. The van der Waals surface area contributed by atoms with Gasteiger partial charge in [0.15, 0.2) is 18.1 Å². The molecule has 0 aromatic heterocycles. The summed E-state index contributed by atoms with van der Waals surface area (Å²) in [5.41, 5.74) is 3.01. The van der Waals surface area contributed by atoms with Gasteiger partial charge in [0.25, 0.3) is 5.91 Å². The summed E-state index contributed by atoms with van der Waals surface area (Å²) in [6.07, 6.45) is 1.39. The molecule has 25 heavy (non-hydrogen) atoms. The Kier molecular flexibility index (Phi) is 6.53. The highest BCUT2D eigenvalue weighted by atomic mass is 79.9. The minimum atomic E-state index is -1.25. The lowest BCUT2D eigenvalue weighted by Gasteiger charge is -2.10. The number of carbonyl (C=O) groups excluding carboxylic acids is 2. The molecule has 0 atom stereocenters. The summed E-state index contributed by atoms with van der Waals surface area (Å²) in [5, 5.41) is 14.4. The van der Waals surface area contributed by atoms with Gasteiger partial charge in [0.1, 0.15) is 0 Å². The van der Waals surface area contributed by atoms with Gasteiger partial charge in [-0.15, -0.1) is 0 Å². The molecule has 0 saturated heterocycles. The lowest BCUT2D eigenvalue weighted by atomic mass is 10.1. The molecule has 130 valence electrons. The lowest BCUT2D eigenvalue weighted by Crippen LogP contribution is -2.24. The SMILES string of the molecule is COc1cc(Br)ccc1OCC(=O)N/N=C\c1ccc(C(=O)[O-])cc1. The zero-order valence-electron chi connectivity index (χ0n) is 13.2. The third kappa shape index (κ3) is 5.61. The largest absolute Gasteiger partial charge is 0.545 e. The van der Waals surface area contributed by atoms with Crippen LogP contribution in [-0.2, 0) is 4.79 Å².